The van der Waals surface area contributed by atoms with Gasteiger partial charge >= 0.3 is 6.03 Å². The van der Waals surface area contributed by atoms with Crippen LogP contribution in [0.15, 0.2) is 18.7 Å². The number of hydrogen-bond acceptors (Lipinski definition) is 2. The van der Waals surface area contributed by atoms with E-state index in [1.54, 1.807) is 18.7 Å². The van der Waals surface area contributed by atoms with Crippen LogP contribution in [0.1, 0.15) is 20.3 Å². The molecule has 1 saturated heterocycles. The lowest BCUT2D eigenvalue weighted by atomic mass is 9.93. The number of carbonyl (C=O) groups excluding carboxylic acids is 1. The molecule has 0 spiro atoms. The Bertz CT molecular complexity index is 329. The number of rotatable bonds is 0. The number of aromatic nitrogens is 2. The van der Waals surface area contributed by atoms with E-state index in [0.29, 0.717) is 0 Å². The first-order valence-electron chi connectivity index (χ1n) is 4.86. The van der Waals surface area contributed by atoms with Crippen LogP contribution in [0.5, 0.6) is 0 Å². The molecular formula is C10H15N3O. The van der Waals surface area contributed by atoms with E-state index in [0.717, 1.165) is 19.5 Å². The minimum absolute atomic E-state index is 0.0353. The fourth-order valence-electron chi connectivity index (χ4n) is 1.81. The van der Waals surface area contributed by atoms with Gasteiger partial charge in [-0.3, -0.25) is 4.57 Å². The molecule has 1 aliphatic heterocycles. The van der Waals surface area contributed by atoms with Crippen LogP contribution in [-0.2, 0) is 0 Å². The van der Waals surface area contributed by atoms with Gasteiger partial charge in [0, 0.05) is 25.5 Å². The van der Waals surface area contributed by atoms with Gasteiger partial charge < -0.3 is 4.90 Å². The van der Waals surface area contributed by atoms with Gasteiger partial charge in [-0.15, -0.1) is 0 Å². The summed E-state index contributed by atoms with van der Waals surface area (Å²) in [6, 6.07) is 0.0353. The number of likely N-dealkylation sites (tertiary alicyclic amines) is 1. The average Bonchev–Trinajstić information content (AvgIpc) is 2.72. The molecule has 0 unspecified atom stereocenters. The highest BCUT2D eigenvalue weighted by atomic mass is 16.2. The summed E-state index contributed by atoms with van der Waals surface area (Å²) >= 11 is 0. The van der Waals surface area contributed by atoms with Crippen molar-refractivity contribution in [2.45, 2.75) is 20.3 Å². The number of nitrogens with zero attached hydrogens (tertiary/aromatic N) is 3. The maximum Gasteiger partial charge on any atom is 0.329 e. The first-order chi connectivity index (χ1) is 6.58. The van der Waals surface area contributed by atoms with Crippen molar-refractivity contribution in [2.75, 3.05) is 13.1 Å². The van der Waals surface area contributed by atoms with Crippen molar-refractivity contribution in [2.24, 2.45) is 5.41 Å². The molecule has 0 atom stereocenters. The van der Waals surface area contributed by atoms with Crippen LogP contribution in [0.2, 0.25) is 0 Å². The van der Waals surface area contributed by atoms with Crippen LogP contribution >= 0.6 is 0 Å². The second-order valence-electron chi connectivity index (χ2n) is 4.59. The number of hydrogen-bond donors (Lipinski definition) is 0. The summed E-state index contributed by atoms with van der Waals surface area (Å²) in [5, 5.41) is 0. The van der Waals surface area contributed by atoms with Crippen molar-refractivity contribution in [3.8, 4) is 0 Å². The summed E-state index contributed by atoms with van der Waals surface area (Å²) in [7, 11) is 0. The second kappa shape index (κ2) is 3.12. The highest BCUT2D eigenvalue weighted by molar-refractivity contribution is 5.76. The molecule has 76 valence electrons. The maximum atomic E-state index is 11.8. The van der Waals surface area contributed by atoms with E-state index in [9.17, 15) is 4.79 Å². The van der Waals surface area contributed by atoms with Crippen molar-refractivity contribution in [1.29, 1.82) is 0 Å². The Morgan fingerprint density at radius 1 is 1.50 bits per heavy atom. The fraction of sp³-hybridized carbons (Fsp3) is 0.600. The molecule has 0 radical (unpaired) electrons. The van der Waals surface area contributed by atoms with Crippen LogP contribution in [0.3, 0.4) is 0 Å². The summed E-state index contributed by atoms with van der Waals surface area (Å²) in [5.74, 6) is 0. The van der Waals surface area contributed by atoms with E-state index in [1.165, 1.54) is 4.57 Å². The molecule has 1 aliphatic rings. The predicted octanol–water partition coefficient (Wildman–Crippen LogP) is 1.58. The van der Waals surface area contributed by atoms with E-state index in [1.807, 2.05) is 4.90 Å². The Balaban J connectivity index is 2.08. The predicted molar refractivity (Wildman–Crippen MR) is 53.0 cm³/mol. The number of carbonyl (C=O) groups is 1. The number of imidazole rings is 1. The molecule has 0 aromatic carbocycles. The Morgan fingerprint density at radius 2 is 2.29 bits per heavy atom. The Morgan fingerprint density at radius 3 is 2.79 bits per heavy atom. The van der Waals surface area contributed by atoms with Crippen molar-refractivity contribution in [1.82, 2.24) is 14.5 Å². The minimum Gasteiger partial charge on any atom is -0.323 e. The van der Waals surface area contributed by atoms with Gasteiger partial charge in [0.25, 0.3) is 0 Å². The third kappa shape index (κ3) is 1.64. The van der Waals surface area contributed by atoms with E-state index < -0.39 is 0 Å². The van der Waals surface area contributed by atoms with Crippen molar-refractivity contribution in [3.63, 3.8) is 0 Å². The molecule has 1 amide bonds. The Kier molecular flexibility index (Phi) is 2.06. The van der Waals surface area contributed by atoms with Gasteiger partial charge in [0.2, 0.25) is 0 Å². The van der Waals surface area contributed by atoms with E-state index >= 15 is 0 Å². The monoisotopic (exact) mass is 193 g/mol. The topological polar surface area (TPSA) is 38.1 Å². The zero-order valence-corrected chi connectivity index (χ0v) is 8.60. The van der Waals surface area contributed by atoms with Crippen LogP contribution in [0, 0.1) is 5.41 Å². The normalized spacial score (nSPS) is 20.0. The van der Waals surface area contributed by atoms with Crippen molar-refractivity contribution >= 4 is 6.03 Å². The number of amides is 1. The molecule has 4 heteroatoms. The standard InChI is InChI=1S/C10H15N3O/c1-10(2)3-5-12(7-10)9(14)13-6-4-11-8-13/h4,6,8H,3,5,7H2,1-2H3. The maximum absolute atomic E-state index is 11.8. The molecule has 2 heterocycles. The third-order valence-electron chi connectivity index (χ3n) is 2.67. The highest BCUT2D eigenvalue weighted by Crippen LogP contribution is 2.28. The first-order valence-corrected chi connectivity index (χ1v) is 4.86. The van der Waals surface area contributed by atoms with Gasteiger partial charge in [-0.05, 0) is 11.8 Å². The van der Waals surface area contributed by atoms with Crippen LogP contribution < -0.4 is 0 Å². The zero-order valence-electron chi connectivity index (χ0n) is 8.60. The van der Waals surface area contributed by atoms with Gasteiger partial charge in [-0.1, -0.05) is 13.8 Å². The Labute approximate surface area is 83.5 Å². The Hall–Kier alpha value is -1.32. The van der Waals surface area contributed by atoms with Gasteiger partial charge in [-0.2, -0.15) is 0 Å². The summed E-state index contributed by atoms with van der Waals surface area (Å²) in [5.41, 5.74) is 0.260. The van der Waals surface area contributed by atoms with Gasteiger partial charge in [0.15, 0.2) is 0 Å². The highest BCUT2D eigenvalue weighted by Gasteiger charge is 2.32. The van der Waals surface area contributed by atoms with Gasteiger partial charge in [0.1, 0.15) is 6.33 Å². The summed E-state index contributed by atoms with van der Waals surface area (Å²) < 4.78 is 1.53. The van der Waals surface area contributed by atoms with Crippen molar-refractivity contribution < 1.29 is 4.79 Å². The molecule has 0 bridgehead atoms. The van der Waals surface area contributed by atoms with E-state index in [4.69, 9.17) is 0 Å². The molecule has 0 aliphatic carbocycles. The average molecular weight is 193 g/mol. The zero-order chi connectivity index (χ0) is 10.2. The summed E-state index contributed by atoms with van der Waals surface area (Å²) in [6.07, 6.45) is 5.94. The molecule has 4 nitrogen and oxygen atoms in total. The lowest BCUT2D eigenvalue weighted by Gasteiger charge is -2.19. The molecule has 0 N–H and O–H groups in total. The lowest BCUT2D eigenvalue weighted by Crippen LogP contribution is -2.33. The van der Waals surface area contributed by atoms with Crippen LogP contribution in [-0.4, -0.2) is 33.6 Å². The molecule has 2 rings (SSSR count). The second-order valence-corrected chi connectivity index (χ2v) is 4.59. The largest absolute Gasteiger partial charge is 0.329 e. The molecular weight excluding hydrogens is 178 g/mol. The van der Waals surface area contributed by atoms with Crippen LogP contribution in [0.25, 0.3) is 0 Å². The fourth-order valence-corrected chi connectivity index (χ4v) is 1.81. The molecule has 14 heavy (non-hydrogen) atoms. The lowest BCUT2D eigenvalue weighted by molar-refractivity contribution is 0.205. The quantitative estimate of drug-likeness (QED) is 0.627. The molecule has 1 fully saturated rings. The van der Waals surface area contributed by atoms with Crippen molar-refractivity contribution in [3.05, 3.63) is 18.7 Å². The summed E-state index contributed by atoms with van der Waals surface area (Å²) in [4.78, 5) is 17.6. The smallest absolute Gasteiger partial charge is 0.323 e. The van der Waals surface area contributed by atoms with E-state index in [-0.39, 0.29) is 11.4 Å². The van der Waals surface area contributed by atoms with E-state index in [2.05, 4.69) is 18.8 Å². The molecule has 1 aromatic rings. The van der Waals surface area contributed by atoms with Gasteiger partial charge in [0.05, 0.1) is 0 Å². The SMILES string of the molecule is CC1(C)CCN(C(=O)n2ccnc2)C1. The first kappa shape index (κ1) is 9.24. The minimum atomic E-state index is 0.0353. The third-order valence-corrected chi connectivity index (χ3v) is 2.67. The summed E-state index contributed by atoms with van der Waals surface area (Å²) in [6.45, 7) is 6.07. The molecule has 0 saturated carbocycles. The van der Waals surface area contributed by atoms with Crippen LogP contribution in [0.4, 0.5) is 4.79 Å². The van der Waals surface area contributed by atoms with Gasteiger partial charge in [-0.25, -0.2) is 9.78 Å². The molecule has 1 aromatic heterocycles.